The molecule has 0 radical (unpaired) electrons. The first-order chi connectivity index (χ1) is 6.46. The maximum atomic E-state index is 11.2. The van der Waals surface area contributed by atoms with Crippen molar-refractivity contribution in [1.82, 2.24) is 4.72 Å². The van der Waals surface area contributed by atoms with E-state index < -0.39 is 15.9 Å². The molecule has 6 nitrogen and oxygen atoms in total. The molecule has 1 amide bonds. The Bertz CT molecular complexity index is 434. The van der Waals surface area contributed by atoms with E-state index in [-0.39, 0.29) is 17.2 Å². The first kappa shape index (κ1) is 10.6. The minimum absolute atomic E-state index is 0.105. The number of hydrogen-bond donors (Lipinski definition) is 2. The van der Waals surface area contributed by atoms with Crippen molar-refractivity contribution >= 4 is 21.6 Å². The van der Waals surface area contributed by atoms with Gasteiger partial charge in [0.05, 0.1) is 17.7 Å². The lowest BCUT2D eigenvalue weighted by molar-refractivity contribution is 0.0955. The smallest absolute Gasteiger partial charge is 0.302 e. The van der Waals surface area contributed by atoms with E-state index in [1.807, 2.05) is 4.72 Å². The summed E-state index contributed by atoms with van der Waals surface area (Å²) >= 11 is 0. The van der Waals surface area contributed by atoms with Gasteiger partial charge in [0.25, 0.3) is 0 Å². The second kappa shape index (κ2) is 3.70. The quantitative estimate of drug-likeness (QED) is 0.740. The molecule has 0 saturated carbocycles. The predicted octanol–water partition coefficient (Wildman–Crippen LogP) is -0.0587. The van der Waals surface area contributed by atoms with Crippen LogP contribution in [-0.2, 0) is 10.0 Å². The molecule has 0 aliphatic heterocycles. The van der Waals surface area contributed by atoms with Gasteiger partial charge in [-0.05, 0) is 6.92 Å². The van der Waals surface area contributed by atoms with Crippen LogP contribution in [0, 0.1) is 0 Å². The highest BCUT2D eigenvalue weighted by Gasteiger charge is 2.18. The molecule has 0 unspecified atom stereocenters. The number of anilines is 1. The Labute approximate surface area is 81.1 Å². The van der Waals surface area contributed by atoms with E-state index in [4.69, 9.17) is 10.2 Å². The minimum Gasteiger partial charge on any atom is -0.457 e. The zero-order chi connectivity index (χ0) is 10.8. The van der Waals surface area contributed by atoms with Gasteiger partial charge in [-0.15, -0.1) is 0 Å². The summed E-state index contributed by atoms with van der Waals surface area (Å²) in [6, 6.07) is 1.37. The molecule has 1 aromatic heterocycles. The first-order valence-corrected chi connectivity index (χ1v) is 5.49. The van der Waals surface area contributed by atoms with Crippen molar-refractivity contribution in [3.63, 3.8) is 0 Å². The van der Waals surface area contributed by atoms with Gasteiger partial charge in [-0.2, -0.15) is 0 Å². The van der Waals surface area contributed by atoms with Crippen molar-refractivity contribution in [3.05, 3.63) is 18.1 Å². The van der Waals surface area contributed by atoms with Crippen molar-refractivity contribution in [2.75, 3.05) is 11.5 Å². The average Bonchev–Trinajstić information content (AvgIpc) is 2.51. The molecule has 0 aliphatic carbocycles. The molecule has 0 fully saturated rings. The van der Waals surface area contributed by atoms with E-state index in [9.17, 15) is 13.2 Å². The van der Waals surface area contributed by atoms with Gasteiger partial charge in [0.1, 0.15) is 0 Å². The van der Waals surface area contributed by atoms with Crippen LogP contribution in [0.3, 0.4) is 0 Å². The van der Waals surface area contributed by atoms with Gasteiger partial charge in [-0.1, -0.05) is 0 Å². The lowest BCUT2D eigenvalue weighted by Gasteiger charge is -2.02. The predicted molar refractivity (Wildman–Crippen MR) is 50.0 cm³/mol. The van der Waals surface area contributed by atoms with Gasteiger partial charge in [-0.3, -0.25) is 4.79 Å². The van der Waals surface area contributed by atoms with Gasteiger partial charge in [0.2, 0.25) is 15.8 Å². The van der Waals surface area contributed by atoms with Gasteiger partial charge in [0.15, 0.2) is 0 Å². The standard InChI is InChI=1S/C7H10N2O4S/c1-2-14(11,12)9-7(10)6-5(8)3-4-13-6/h3-4H,2,8H2,1H3,(H,9,10). The van der Waals surface area contributed by atoms with Crippen molar-refractivity contribution in [2.45, 2.75) is 6.92 Å². The van der Waals surface area contributed by atoms with E-state index >= 15 is 0 Å². The Kier molecular flexibility index (Phi) is 2.80. The maximum Gasteiger partial charge on any atom is 0.302 e. The number of hydrogen-bond acceptors (Lipinski definition) is 5. The van der Waals surface area contributed by atoms with E-state index in [1.165, 1.54) is 19.3 Å². The van der Waals surface area contributed by atoms with Crippen molar-refractivity contribution in [3.8, 4) is 0 Å². The summed E-state index contributed by atoms with van der Waals surface area (Å²) in [5, 5.41) is 0. The number of furan rings is 1. The molecule has 0 aromatic carbocycles. The highest BCUT2D eigenvalue weighted by atomic mass is 32.2. The Morgan fingerprint density at radius 1 is 1.64 bits per heavy atom. The lowest BCUT2D eigenvalue weighted by atomic mass is 10.4. The molecule has 3 N–H and O–H groups in total. The second-order valence-electron chi connectivity index (χ2n) is 2.54. The molecule has 0 bridgehead atoms. The molecule has 0 aliphatic rings. The molecule has 1 rings (SSSR count). The normalized spacial score (nSPS) is 11.2. The summed E-state index contributed by atoms with van der Waals surface area (Å²) < 4.78 is 28.5. The van der Waals surface area contributed by atoms with Crippen molar-refractivity contribution in [1.29, 1.82) is 0 Å². The van der Waals surface area contributed by atoms with Crippen LogP contribution in [0.2, 0.25) is 0 Å². The summed E-state index contributed by atoms with van der Waals surface area (Å²) in [5.41, 5.74) is 5.46. The van der Waals surface area contributed by atoms with Crippen LogP contribution in [0.5, 0.6) is 0 Å². The number of carbonyl (C=O) groups excluding carboxylic acids is 1. The monoisotopic (exact) mass is 218 g/mol. The molecule has 1 heterocycles. The molecule has 1 aromatic rings. The number of nitrogens with one attached hydrogen (secondary N) is 1. The van der Waals surface area contributed by atoms with Gasteiger partial charge < -0.3 is 10.2 Å². The molecular weight excluding hydrogens is 208 g/mol. The van der Waals surface area contributed by atoms with Gasteiger partial charge >= 0.3 is 5.91 Å². The summed E-state index contributed by atoms with van der Waals surface area (Å²) in [7, 11) is -3.58. The first-order valence-electron chi connectivity index (χ1n) is 3.84. The summed E-state index contributed by atoms with van der Waals surface area (Å²) in [4.78, 5) is 11.2. The molecule has 0 atom stereocenters. The van der Waals surface area contributed by atoms with Gasteiger partial charge in [-0.25, -0.2) is 13.1 Å². The third-order valence-corrected chi connectivity index (χ3v) is 2.79. The Morgan fingerprint density at radius 2 is 2.29 bits per heavy atom. The highest BCUT2D eigenvalue weighted by molar-refractivity contribution is 7.90. The van der Waals surface area contributed by atoms with Crippen LogP contribution in [-0.4, -0.2) is 20.1 Å². The van der Waals surface area contributed by atoms with Crippen molar-refractivity contribution in [2.24, 2.45) is 0 Å². The van der Waals surface area contributed by atoms with Crippen molar-refractivity contribution < 1.29 is 17.6 Å². The molecule has 7 heteroatoms. The molecule has 0 saturated heterocycles. The fraction of sp³-hybridized carbons (Fsp3) is 0.286. The van der Waals surface area contributed by atoms with Crippen LogP contribution in [0.25, 0.3) is 0 Å². The average molecular weight is 218 g/mol. The number of nitrogen functional groups attached to an aromatic ring is 1. The maximum absolute atomic E-state index is 11.2. The SMILES string of the molecule is CCS(=O)(=O)NC(=O)c1occc1N. The fourth-order valence-corrected chi connectivity index (χ4v) is 1.28. The largest absolute Gasteiger partial charge is 0.457 e. The van der Waals surface area contributed by atoms with Gasteiger partial charge in [0, 0.05) is 6.07 Å². The molecule has 0 spiro atoms. The number of amides is 1. The number of rotatable bonds is 3. The van der Waals surface area contributed by atoms with Crippen LogP contribution < -0.4 is 10.5 Å². The van der Waals surface area contributed by atoms with Crippen LogP contribution in [0.1, 0.15) is 17.5 Å². The minimum atomic E-state index is -3.58. The van der Waals surface area contributed by atoms with E-state index in [1.54, 1.807) is 0 Å². The number of carbonyl (C=O) groups is 1. The second-order valence-corrected chi connectivity index (χ2v) is 4.55. The van der Waals surface area contributed by atoms with E-state index in [0.29, 0.717) is 0 Å². The summed E-state index contributed by atoms with van der Waals surface area (Å²) in [5.74, 6) is -1.23. The lowest BCUT2D eigenvalue weighted by Crippen LogP contribution is -2.31. The summed E-state index contributed by atoms with van der Waals surface area (Å²) in [6.07, 6.45) is 1.21. The zero-order valence-corrected chi connectivity index (χ0v) is 8.30. The van der Waals surface area contributed by atoms with Crippen LogP contribution >= 0.6 is 0 Å². The molecule has 14 heavy (non-hydrogen) atoms. The van der Waals surface area contributed by atoms with E-state index in [0.717, 1.165) is 0 Å². The number of sulfonamides is 1. The van der Waals surface area contributed by atoms with Crippen LogP contribution in [0.15, 0.2) is 16.7 Å². The highest BCUT2D eigenvalue weighted by Crippen LogP contribution is 2.11. The zero-order valence-electron chi connectivity index (χ0n) is 7.48. The third kappa shape index (κ3) is 2.25. The Hall–Kier alpha value is -1.50. The van der Waals surface area contributed by atoms with Crippen LogP contribution in [0.4, 0.5) is 5.69 Å². The molecular formula is C7H10N2O4S. The Morgan fingerprint density at radius 3 is 2.71 bits per heavy atom. The topological polar surface area (TPSA) is 102 Å². The number of nitrogens with two attached hydrogens (primary N) is 1. The summed E-state index contributed by atoms with van der Waals surface area (Å²) in [6.45, 7) is 1.42. The molecule has 78 valence electrons. The third-order valence-electron chi connectivity index (χ3n) is 1.53. The fourth-order valence-electron chi connectivity index (χ4n) is 0.763. The van der Waals surface area contributed by atoms with E-state index in [2.05, 4.69) is 0 Å². The Balaban J connectivity index is 2.84.